The number of amides is 1. The fourth-order valence-corrected chi connectivity index (χ4v) is 1.75. The van der Waals surface area contributed by atoms with Gasteiger partial charge in [-0.2, -0.15) is 0 Å². The van der Waals surface area contributed by atoms with E-state index in [-0.39, 0.29) is 11.9 Å². The van der Waals surface area contributed by atoms with Crippen LogP contribution in [0.25, 0.3) is 0 Å². The van der Waals surface area contributed by atoms with E-state index in [1.807, 2.05) is 13.8 Å². The largest absolute Gasteiger partial charge is 0.447 e. The fourth-order valence-electron chi connectivity index (χ4n) is 1.75. The third kappa shape index (κ3) is 4.77. The Morgan fingerprint density at radius 1 is 1.32 bits per heavy atom. The SMILES string of the molecule is CC(C)CC(=O)c1cc(NC(=O)OC(C)C)cn1C. The van der Waals surface area contributed by atoms with Gasteiger partial charge in [-0.15, -0.1) is 0 Å². The lowest BCUT2D eigenvalue weighted by Gasteiger charge is -2.07. The van der Waals surface area contributed by atoms with Gasteiger partial charge in [0.1, 0.15) is 0 Å². The highest BCUT2D eigenvalue weighted by molar-refractivity contribution is 5.97. The molecule has 1 amide bonds. The Hall–Kier alpha value is -1.78. The summed E-state index contributed by atoms with van der Waals surface area (Å²) in [5.74, 6) is 0.382. The van der Waals surface area contributed by atoms with Gasteiger partial charge in [0, 0.05) is 19.7 Å². The average molecular weight is 266 g/mol. The van der Waals surface area contributed by atoms with Gasteiger partial charge >= 0.3 is 6.09 Å². The van der Waals surface area contributed by atoms with Crippen molar-refractivity contribution in [2.24, 2.45) is 13.0 Å². The number of aryl methyl sites for hydroxylation is 1. The molecule has 0 saturated heterocycles. The molecule has 0 spiro atoms. The topological polar surface area (TPSA) is 60.3 Å². The molecule has 5 heteroatoms. The highest BCUT2D eigenvalue weighted by Crippen LogP contribution is 2.16. The molecule has 1 heterocycles. The fraction of sp³-hybridized carbons (Fsp3) is 0.571. The van der Waals surface area contributed by atoms with Crippen LogP contribution in [-0.2, 0) is 11.8 Å². The van der Waals surface area contributed by atoms with E-state index in [0.29, 0.717) is 23.7 Å². The van der Waals surface area contributed by atoms with Crippen molar-refractivity contribution in [2.45, 2.75) is 40.2 Å². The Morgan fingerprint density at radius 3 is 2.47 bits per heavy atom. The molecule has 1 N–H and O–H groups in total. The van der Waals surface area contributed by atoms with Gasteiger partial charge < -0.3 is 9.30 Å². The van der Waals surface area contributed by atoms with Gasteiger partial charge in [0.05, 0.1) is 17.5 Å². The number of Topliss-reactive ketones (excluding diaryl/α,β-unsaturated/α-hetero) is 1. The molecule has 0 radical (unpaired) electrons. The second kappa shape index (κ2) is 6.41. The zero-order chi connectivity index (χ0) is 14.6. The molecule has 0 atom stereocenters. The van der Waals surface area contributed by atoms with Crippen LogP contribution in [0.3, 0.4) is 0 Å². The van der Waals surface area contributed by atoms with Crippen molar-refractivity contribution in [3.05, 3.63) is 18.0 Å². The molecular weight excluding hydrogens is 244 g/mol. The van der Waals surface area contributed by atoms with Crippen molar-refractivity contribution >= 4 is 17.6 Å². The van der Waals surface area contributed by atoms with Crippen molar-refractivity contribution < 1.29 is 14.3 Å². The lowest BCUT2D eigenvalue weighted by molar-refractivity contribution is 0.0959. The van der Waals surface area contributed by atoms with E-state index >= 15 is 0 Å². The van der Waals surface area contributed by atoms with E-state index in [4.69, 9.17) is 4.74 Å². The van der Waals surface area contributed by atoms with Crippen LogP contribution in [0.2, 0.25) is 0 Å². The molecule has 0 bridgehead atoms. The second-order valence-electron chi connectivity index (χ2n) is 5.33. The first-order chi connectivity index (χ1) is 8.79. The first-order valence-electron chi connectivity index (χ1n) is 6.46. The Kier molecular flexibility index (Phi) is 5.15. The van der Waals surface area contributed by atoms with E-state index in [0.717, 1.165) is 0 Å². The monoisotopic (exact) mass is 266 g/mol. The van der Waals surface area contributed by atoms with Crippen molar-refractivity contribution in [1.29, 1.82) is 0 Å². The zero-order valence-corrected chi connectivity index (χ0v) is 12.2. The number of rotatable bonds is 5. The van der Waals surface area contributed by atoms with Gasteiger partial charge in [0.25, 0.3) is 0 Å². The maximum Gasteiger partial charge on any atom is 0.411 e. The van der Waals surface area contributed by atoms with Crippen LogP contribution in [-0.4, -0.2) is 22.5 Å². The maximum atomic E-state index is 12.0. The summed E-state index contributed by atoms with van der Waals surface area (Å²) >= 11 is 0. The molecule has 0 aliphatic carbocycles. The van der Waals surface area contributed by atoms with Crippen LogP contribution in [0, 0.1) is 5.92 Å². The van der Waals surface area contributed by atoms with E-state index in [1.54, 1.807) is 37.7 Å². The van der Waals surface area contributed by atoms with E-state index < -0.39 is 6.09 Å². The average Bonchev–Trinajstić information content (AvgIpc) is 2.56. The van der Waals surface area contributed by atoms with Crippen LogP contribution < -0.4 is 5.32 Å². The smallest absolute Gasteiger partial charge is 0.411 e. The van der Waals surface area contributed by atoms with E-state index in [9.17, 15) is 9.59 Å². The highest BCUT2D eigenvalue weighted by atomic mass is 16.6. The molecule has 1 aromatic heterocycles. The molecule has 0 aliphatic heterocycles. The number of hydrogen-bond donors (Lipinski definition) is 1. The van der Waals surface area contributed by atoms with Crippen molar-refractivity contribution in [3.8, 4) is 0 Å². The zero-order valence-electron chi connectivity index (χ0n) is 12.2. The summed E-state index contributed by atoms with van der Waals surface area (Å²) in [4.78, 5) is 23.5. The van der Waals surface area contributed by atoms with Gasteiger partial charge in [-0.3, -0.25) is 10.1 Å². The number of nitrogens with zero attached hydrogens (tertiary/aromatic N) is 1. The Balaban J connectivity index is 2.73. The minimum Gasteiger partial charge on any atom is -0.447 e. The van der Waals surface area contributed by atoms with Gasteiger partial charge in [0.2, 0.25) is 0 Å². The maximum absolute atomic E-state index is 12.0. The number of ketones is 1. The van der Waals surface area contributed by atoms with Crippen LogP contribution in [0.1, 0.15) is 44.6 Å². The van der Waals surface area contributed by atoms with Crippen molar-refractivity contribution in [3.63, 3.8) is 0 Å². The Labute approximate surface area is 113 Å². The summed E-state index contributed by atoms with van der Waals surface area (Å²) in [5.41, 5.74) is 1.16. The lowest BCUT2D eigenvalue weighted by Crippen LogP contribution is -2.17. The van der Waals surface area contributed by atoms with E-state index in [2.05, 4.69) is 5.32 Å². The number of hydrogen-bond acceptors (Lipinski definition) is 3. The first kappa shape index (κ1) is 15.3. The molecule has 106 valence electrons. The predicted octanol–water partition coefficient (Wildman–Crippen LogP) is 3.21. The number of nitrogens with one attached hydrogen (secondary N) is 1. The molecular formula is C14H22N2O3. The lowest BCUT2D eigenvalue weighted by atomic mass is 10.1. The summed E-state index contributed by atoms with van der Waals surface area (Å²) in [6.07, 6.45) is 1.51. The third-order valence-corrected chi connectivity index (χ3v) is 2.47. The summed E-state index contributed by atoms with van der Waals surface area (Å²) in [7, 11) is 1.78. The number of carbonyl (C=O) groups excluding carboxylic acids is 2. The molecule has 0 aliphatic rings. The minimum atomic E-state index is -0.511. The third-order valence-electron chi connectivity index (χ3n) is 2.47. The highest BCUT2D eigenvalue weighted by Gasteiger charge is 2.15. The van der Waals surface area contributed by atoms with Crippen molar-refractivity contribution in [2.75, 3.05) is 5.32 Å². The normalized spacial score (nSPS) is 10.9. The number of aromatic nitrogens is 1. The molecule has 1 rings (SSSR count). The summed E-state index contributed by atoms with van der Waals surface area (Å²) in [5, 5.41) is 2.61. The summed E-state index contributed by atoms with van der Waals surface area (Å²) in [6, 6.07) is 1.67. The molecule has 0 unspecified atom stereocenters. The summed E-state index contributed by atoms with van der Waals surface area (Å²) < 4.78 is 6.70. The Morgan fingerprint density at radius 2 is 1.95 bits per heavy atom. The molecule has 0 aromatic carbocycles. The van der Waals surface area contributed by atoms with Crippen molar-refractivity contribution in [1.82, 2.24) is 4.57 Å². The first-order valence-corrected chi connectivity index (χ1v) is 6.46. The van der Waals surface area contributed by atoms with Gasteiger partial charge in [0.15, 0.2) is 5.78 Å². The Bertz CT molecular complexity index is 461. The number of anilines is 1. The minimum absolute atomic E-state index is 0.0720. The number of ether oxygens (including phenoxy) is 1. The number of carbonyl (C=O) groups is 2. The quantitative estimate of drug-likeness (QED) is 0.832. The van der Waals surface area contributed by atoms with Gasteiger partial charge in [-0.05, 0) is 25.8 Å². The van der Waals surface area contributed by atoms with Crippen LogP contribution >= 0.6 is 0 Å². The molecule has 1 aromatic rings. The van der Waals surface area contributed by atoms with Crippen LogP contribution in [0.5, 0.6) is 0 Å². The molecule has 19 heavy (non-hydrogen) atoms. The second-order valence-corrected chi connectivity index (χ2v) is 5.33. The van der Waals surface area contributed by atoms with Crippen LogP contribution in [0.4, 0.5) is 10.5 Å². The van der Waals surface area contributed by atoms with Gasteiger partial charge in [-0.25, -0.2) is 4.79 Å². The van der Waals surface area contributed by atoms with Gasteiger partial charge in [-0.1, -0.05) is 13.8 Å². The molecule has 5 nitrogen and oxygen atoms in total. The summed E-state index contributed by atoms with van der Waals surface area (Å²) in [6.45, 7) is 7.56. The van der Waals surface area contributed by atoms with E-state index in [1.165, 1.54) is 0 Å². The molecule has 0 fully saturated rings. The molecule has 0 saturated carbocycles. The standard InChI is InChI=1S/C14H22N2O3/c1-9(2)6-13(17)12-7-11(8-16(12)5)15-14(18)19-10(3)4/h7-10H,6H2,1-5H3,(H,15,18). The van der Waals surface area contributed by atoms with Crippen LogP contribution in [0.15, 0.2) is 12.3 Å². The predicted molar refractivity (Wildman–Crippen MR) is 74.4 cm³/mol.